The number of guanidine groups is 1. The molecule has 0 atom stereocenters. The number of aromatic nitrogens is 3. The Labute approximate surface area is 157 Å². The Hall–Kier alpha value is -3.42. The Balaban J connectivity index is 1.48. The van der Waals surface area contributed by atoms with E-state index in [1.165, 1.54) is 7.11 Å². The van der Waals surface area contributed by atoms with Crippen molar-refractivity contribution in [3.8, 4) is 0 Å². The molecule has 0 aliphatic heterocycles. The molecule has 0 fully saturated rings. The average Bonchev–Trinajstić information content (AvgIpc) is 3.13. The van der Waals surface area contributed by atoms with Crippen LogP contribution in [0.25, 0.3) is 5.65 Å². The van der Waals surface area contributed by atoms with Gasteiger partial charge in [-0.1, -0.05) is 18.2 Å². The Morgan fingerprint density at radius 1 is 1.15 bits per heavy atom. The van der Waals surface area contributed by atoms with Crippen molar-refractivity contribution in [3.05, 3.63) is 65.6 Å². The number of aliphatic imine (C=N–C) groups is 1. The Kier molecular flexibility index (Phi) is 5.98. The number of methoxy groups -OCH3 is 1. The van der Waals surface area contributed by atoms with Gasteiger partial charge < -0.3 is 15.4 Å². The zero-order valence-electron chi connectivity index (χ0n) is 15.3. The van der Waals surface area contributed by atoms with Crippen LogP contribution in [0.15, 0.2) is 53.7 Å². The van der Waals surface area contributed by atoms with Crippen molar-refractivity contribution in [3.63, 3.8) is 0 Å². The van der Waals surface area contributed by atoms with Crippen LogP contribution in [0.1, 0.15) is 21.7 Å². The Bertz CT molecular complexity index is 933. The number of carbonyl (C=O) groups excluding carboxylic acids is 1. The van der Waals surface area contributed by atoms with Crippen molar-refractivity contribution in [1.29, 1.82) is 0 Å². The second-order valence-electron chi connectivity index (χ2n) is 5.84. The second-order valence-corrected chi connectivity index (χ2v) is 5.84. The third-order valence-corrected chi connectivity index (χ3v) is 4.10. The first kappa shape index (κ1) is 18.4. The quantitative estimate of drug-likeness (QED) is 0.389. The number of nitrogens with zero attached hydrogens (tertiary/aromatic N) is 4. The molecule has 8 nitrogen and oxygen atoms in total. The molecule has 0 radical (unpaired) electrons. The molecule has 0 amide bonds. The molecule has 0 aliphatic carbocycles. The van der Waals surface area contributed by atoms with Crippen molar-refractivity contribution >= 4 is 17.6 Å². The Morgan fingerprint density at radius 3 is 2.70 bits per heavy atom. The number of fused-ring (bicyclic) bond motifs is 1. The first-order chi connectivity index (χ1) is 13.2. The van der Waals surface area contributed by atoms with E-state index in [-0.39, 0.29) is 5.97 Å². The molecule has 2 heterocycles. The fourth-order valence-electron chi connectivity index (χ4n) is 2.65. The van der Waals surface area contributed by atoms with Gasteiger partial charge in [-0.05, 0) is 36.2 Å². The number of carbonyl (C=O) groups is 1. The number of esters is 1. The largest absolute Gasteiger partial charge is 0.465 e. The standard InChI is InChI=1S/C19H22N6O2/c1-20-19(22-13-17-24-23-16-5-3-4-12-25(16)17)21-11-10-14-6-8-15(9-7-14)18(26)27-2/h3-9,12H,10-11,13H2,1-2H3,(H2,20,21,22). The monoisotopic (exact) mass is 366 g/mol. The van der Waals surface area contributed by atoms with Crippen LogP contribution in [0.4, 0.5) is 0 Å². The summed E-state index contributed by atoms with van der Waals surface area (Å²) in [6.07, 6.45) is 2.73. The molecule has 140 valence electrons. The lowest BCUT2D eigenvalue weighted by atomic mass is 10.1. The molecule has 3 rings (SSSR count). The maximum absolute atomic E-state index is 11.4. The van der Waals surface area contributed by atoms with Gasteiger partial charge in [0.1, 0.15) is 0 Å². The maximum atomic E-state index is 11.4. The summed E-state index contributed by atoms with van der Waals surface area (Å²) < 4.78 is 6.63. The minimum absolute atomic E-state index is 0.328. The molecule has 0 spiro atoms. The molecule has 0 saturated heterocycles. The van der Waals surface area contributed by atoms with Gasteiger partial charge in [-0.25, -0.2) is 4.79 Å². The van der Waals surface area contributed by atoms with Gasteiger partial charge in [0.25, 0.3) is 0 Å². The summed E-state index contributed by atoms with van der Waals surface area (Å²) in [5.74, 6) is 1.17. The summed E-state index contributed by atoms with van der Waals surface area (Å²) in [7, 11) is 3.10. The lowest BCUT2D eigenvalue weighted by Gasteiger charge is -2.11. The molecule has 2 aromatic heterocycles. The van der Waals surface area contributed by atoms with Crippen LogP contribution < -0.4 is 10.6 Å². The predicted octanol–water partition coefficient (Wildman–Crippen LogP) is 1.42. The van der Waals surface area contributed by atoms with Crippen LogP contribution in [-0.2, 0) is 17.7 Å². The molecule has 2 N–H and O–H groups in total. The summed E-state index contributed by atoms with van der Waals surface area (Å²) in [5.41, 5.74) is 2.48. The lowest BCUT2D eigenvalue weighted by Crippen LogP contribution is -2.38. The predicted molar refractivity (Wildman–Crippen MR) is 103 cm³/mol. The summed E-state index contributed by atoms with van der Waals surface area (Å²) in [6, 6.07) is 13.2. The van der Waals surface area contributed by atoms with Gasteiger partial charge in [0.05, 0.1) is 19.2 Å². The number of benzene rings is 1. The number of rotatable bonds is 6. The SMILES string of the molecule is CN=C(NCCc1ccc(C(=O)OC)cc1)NCc1nnc2ccccn12. The second kappa shape index (κ2) is 8.79. The third-order valence-electron chi connectivity index (χ3n) is 4.10. The normalized spacial score (nSPS) is 11.4. The van der Waals surface area contributed by atoms with E-state index in [4.69, 9.17) is 4.74 Å². The van der Waals surface area contributed by atoms with Crippen LogP contribution in [0.2, 0.25) is 0 Å². The number of pyridine rings is 1. The average molecular weight is 366 g/mol. The third kappa shape index (κ3) is 4.60. The van der Waals surface area contributed by atoms with Gasteiger partial charge in [-0.3, -0.25) is 9.39 Å². The van der Waals surface area contributed by atoms with E-state index in [1.54, 1.807) is 19.2 Å². The van der Waals surface area contributed by atoms with E-state index < -0.39 is 0 Å². The minimum atomic E-state index is -0.328. The topological polar surface area (TPSA) is 92.9 Å². The summed E-state index contributed by atoms with van der Waals surface area (Å²) >= 11 is 0. The van der Waals surface area contributed by atoms with E-state index in [1.807, 2.05) is 40.9 Å². The van der Waals surface area contributed by atoms with Crippen molar-refractivity contribution in [1.82, 2.24) is 25.2 Å². The van der Waals surface area contributed by atoms with E-state index >= 15 is 0 Å². The van der Waals surface area contributed by atoms with Crippen LogP contribution in [0, 0.1) is 0 Å². The first-order valence-corrected chi connectivity index (χ1v) is 8.61. The molecule has 3 aromatic rings. The van der Waals surface area contributed by atoms with Crippen LogP contribution in [-0.4, -0.2) is 47.2 Å². The van der Waals surface area contributed by atoms with E-state index in [9.17, 15) is 4.79 Å². The smallest absolute Gasteiger partial charge is 0.337 e. The highest BCUT2D eigenvalue weighted by atomic mass is 16.5. The molecule has 27 heavy (non-hydrogen) atoms. The van der Waals surface area contributed by atoms with E-state index in [2.05, 4.69) is 25.8 Å². The fraction of sp³-hybridized carbons (Fsp3) is 0.263. The van der Waals surface area contributed by atoms with Crippen molar-refractivity contribution in [2.24, 2.45) is 4.99 Å². The molecular weight excluding hydrogens is 344 g/mol. The zero-order valence-corrected chi connectivity index (χ0v) is 15.3. The van der Waals surface area contributed by atoms with Crippen LogP contribution in [0.5, 0.6) is 0 Å². The van der Waals surface area contributed by atoms with Crippen molar-refractivity contribution in [2.45, 2.75) is 13.0 Å². The van der Waals surface area contributed by atoms with Crippen molar-refractivity contribution in [2.75, 3.05) is 20.7 Å². The zero-order chi connectivity index (χ0) is 19.1. The van der Waals surface area contributed by atoms with E-state index in [0.29, 0.717) is 24.6 Å². The lowest BCUT2D eigenvalue weighted by molar-refractivity contribution is 0.0600. The number of hydrogen-bond acceptors (Lipinski definition) is 5. The van der Waals surface area contributed by atoms with Gasteiger partial charge in [-0.15, -0.1) is 10.2 Å². The van der Waals surface area contributed by atoms with Gasteiger partial charge in [0.2, 0.25) is 0 Å². The van der Waals surface area contributed by atoms with Gasteiger partial charge in [0, 0.05) is 19.8 Å². The summed E-state index contributed by atoms with van der Waals surface area (Å²) in [5, 5.41) is 14.8. The summed E-state index contributed by atoms with van der Waals surface area (Å²) in [4.78, 5) is 15.7. The number of ether oxygens (including phenoxy) is 1. The number of hydrogen-bond donors (Lipinski definition) is 2. The molecule has 0 saturated carbocycles. The van der Waals surface area contributed by atoms with Crippen LogP contribution >= 0.6 is 0 Å². The Morgan fingerprint density at radius 2 is 1.96 bits per heavy atom. The molecular formula is C19H22N6O2. The molecule has 1 aromatic carbocycles. The number of nitrogens with one attached hydrogen (secondary N) is 2. The highest BCUT2D eigenvalue weighted by Gasteiger charge is 2.06. The first-order valence-electron chi connectivity index (χ1n) is 8.61. The minimum Gasteiger partial charge on any atom is -0.465 e. The van der Waals surface area contributed by atoms with Crippen molar-refractivity contribution < 1.29 is 9.53 Å². The highest BCUT2D eigenvalue weighted by molar-refractivity contribution is 5.89. The van der Waals surface area contributed by atoms with E-state index in [0.717, 1.165) is 23.5 Å². The van der Waals surface area contributed by atoms with Crippen LogP contribution in [0.3, 0.4) is 0 Å². The molecule has 8 heteroatoms. The van der Waals surface area contributed by atoms with Gasteiger partial charge in [0.15, 0.2) is 17.4 Å². The molecule has 0 bridgehead atoms. The maximum Gasteiger partial charge on any atom is 0.337 e. The van der Waals surface area contributed by atoms with Gasteiger partial charge >= 0.3 is 5.97 Å². The molecule has 0 unspecified atom stereocenters. The fourth-order valence-corrected chi connectivity index (χ4v) is 2.65. The summed E-state index contributed by atoms with van der Waals surface area (Å²) in [6.45, 7) is 1.22. The molecule has 0 aliphatic rings. The highest BCUT2D eigenvalue weighted by Crippen LogP contribution is 2.06. The van der Waals surface area contributed by atoms with Gasteiger partial charge in [-0.2, -0.15) is 0 Å².